The highest BCUT2D eigenvalue weighted by Crippen LogP contribution is 2.29. The first-order chi connectivity index (χ1) is 13.9. The van der Waals surface area contributed by atoms with Gasteiger partial charge in [0.25, 0.3) is 0 Å². The van der Waals surface area contributed by atoms with Crippen LogP contribution in [0.15, 0.2) is 48.8 Å². The molecule has 0 aliphatic heterocycles. The molecule has 3 heterocycles. The molecule has 0 aliphatic carbocycles. The highest BCUT2D eigenvalue weighted by molar-refractivity contribution is 5.36. The molecule has 3 aromatic heterocycles. The third kappa shape index (κ3) is 6.19. The molecule has 152 valence electrons. The van der Waals surface area contributed by atoms with Gasteiger partial charge in [0.2, 0.25) is 23.5 Å². The van der Waals surface area contributed by atoms with Gasteiger partial charge >= 0.3 is 13.2 Å². The van der Waals surface area contributed by atoms with Crippen LogP contribution >= 0.6 is 0 Å². The minimum Gasteiger partial charge on any atom is -0.439 e. The minimum atomic E-state index is -3.02. The van der Waals surface area contributed by atoms with Gasteiger partial charge in [0, 0.05) is 36.7 Å². The van der Waals surface area contributed by atoms with Crippen LogP contribution in [0.2, 0.25) is 0 Å². The van der Waals surface area contributed by atoms with Crippen molar-refractivity contribution in [2.45, 2.75) is 20.1 Å². The highest BCUT2D eigenvalue weighted by atomic mass is 19.3. The van der Waals surface area contributed by atoms with Gasteiger partial charge in [-0.2, -0.15) is 22.5 Å². The van der Waals surface area contributed by atoms with Gasteiger partial charge in [-0.15, -0.1) is 0 Å². The lowest BCUT2D eigenvalue weighted by molar-refractivity contribution is -0.0536. The number of hydrogen-bond donors (Lipinski definition) is 0. The van der Waals surface area contributed by atoms with Gasteiger partial charge in [-0.3, -0.25) is 0 Å². The van der Waals surface area contributed by atoms with E-state index >= 15 is 0 Å². The molecule has 0 amide bonds. The Morgan fingerprint density at radius 1 is 0.690 bits per heavy atom. The number of pyridine rings is 3. The van der Waals surface area contributed by atoms with Crippen molar-refractivity contribution < 1.29 is 36.5 Å². The van der Waals surface area contributed by atoms with Gasteiger partial charge < -0.3 is 18.9 Å². The summed E-state index contributed by atoms with van der Waals surface area (Å²) < 4.78 is 68.7. The predicted octanol–water partition coefficient (Wildman–Crippen LogP) is 4.97. The second-order valence-corrected chi connectivity index (χ2v) is 5.44. The summed E-state index contributed by atoms with van der Waals surface area (Å²) in [6, 6.07) is 8.37. The maximum atomic E-state index is 12.3. The smallest absolute Gasteiger partial charge is 0.388 e. The summed E-state index contributed by atoms with van der Waals surface area (Å²) in [5, 5.41) is 0. The number of alkyl halides is 4. The molecule has 3 aromatic rings. The molecule has 0 saturated heterocycles. The first kappa shape index (κ1) is 20.1. The van der Waals surface area contributed by atoms with Gasteiger partial charge in [-0.25, -0.2) is 9.97 Å². The number of halogens is 4. The molecule has 0 unspecified atom stereocenters. The van der Waals surface area contributed by atoms with Gasteiger partial charge in [0.15, 0.2) is 0 Å². The Kier molecular flexibility index (Phi) is 6.27. The third-order valence-electron chi connectivity index (χ3n) is 3.20. The normalized spacial score (nSPS) is 10.9. The average molecular weight is 411 g/mol. The number of aromatic nitrogens is 3. The Balaban J connectivity index is 1.77. The van der Waals surface area contributed by atoms with Crippen molar-refractivity contribution in [1.29, 1.82) is 0 Å². The van der Waals surface area contributed by atoms with Crippen molar-refractivity contribution in [3.05, 3.63) is 54.4 Å². The lowest BCUT2D eigenvalue weighted by Gasteiger charge is -2.11. The number of nitrogens with zero attached hydrogens (tertiary/aromatic N) is 3. The molecular weight excluding hydrogens is 398 g/mol. The summed E-state index contributed by atoms with van der Waals surface area (Å²) in [5.74, 6) is -0.0954. The maximum absolute atomic E-state index is 12.3. The molecule has 0 aliphatic rings. The van der Waals surface area contributed by atoms with Crippen LogP contribution in [-0.2, 0) is 0 Å². The van der Waals surface area contributed by atoms with Gasteiger partial charge in [-0.1, -0.05) is 0 Å². The van der Waals surface area contributed by atoms with Crippen molar-refractivity contribution in [3.8, 4) is 35.0 Å². The summed E-state index contributed by atoms with van der Waals surface area (Å²) in [4.78, 5) is 11.4. The molecule has 0 aromatic carbocycles. The number of ether oxygens (including phenoxy) is 4. The highest BCUT2D eigenvalue weighted by Gasteiger charge is 2.11. The third-order valence-corrected chi connectivity index (χ3v) is 3.20. The lowest BCUT2D eigenvalue weighted by Crippen LogP contribution is -2.03. The monoisotopic (exact) mass is 411 g/mol. The Bertz CT molecular complexity index is 902. The molecule has 0 atom stereocenters. The van der Waals surface area contributed by atoms with Crippen molar-refractivity contribution in [3.63, 3.8) is 0 Å². The van der Waals surface area contributed by atoms with E-state index in [0.29, 0.717) is 5.56 Å². The molecule has 0 spiro atoms. The molecule has 0 bridgehead atoms. The standard InChI is InChI=1S/C18H13F4N3O4/c1-10-6-15(26-11-2-4-23-13(8-11)28-17(19)20)25-16(7-10)27-12-3-5-24-14(9-12)29-18(21)22/h2-9,17-18H,1H3. The topological polar surface area (TPSA) is 75.6 Å². The first-order valence-electron chi connectivity index (χ1n) is 8.03. The number of aryl methyl sites for hydroxylation is 1. The van der Waals surface area contributed by atoms with E-state index in [-0.39, 0.29) is 35.0 Å². The van der Waals surface area contributed by atoms with Crippen molar-refractivity contribution in [2.75, 3.05) is 0 Å². The molecule has 3 rings (SSSR count). The van der Waals surface area contributed by atoms with E-state index in [2.05, 4.69) is 24.4 Å². The van der Waals surface area contributed by atoms with Gasteiger partial charge in [0.1, 0.15) is 11.5 Å². The number of rotatable bonds is 8. The van der Waals surface area contributed by atoms with Crippen LogP contribution in [0.3, 0.4) is 0 Å². The van der Waals surface area contributed by atoms with Crippen LogP contribution in [0.1, 0.15) is 5.56 Å². The molecule has 7 nitrogen and oxygen atoms in total. The van der Waals surface area contributed by atoms with Crippen LogP contribution in [0, 0.1) is 6.92 Å². The second kappa shape index (κ2) is 9.04. The summed E-state index contributed by atoms with van der Waals surface area (Å²) in [6.45, 7) is -4.29. The van der Waals surface area contributed by atoms with Gasteiger partial charge in [0.05, 0.1) is 0 Å². The summed E-state index contributed by atoms with van der Waals surface area (Å²) >= 11 is 0. The largest absolute Gasteiger partial charge is 0.439 e. The Labute approximate surface area is 161 Å². The summed E-state index contributed by atoms with van der Waals surface area (Å²) in [5.41, 5.74) is 0.709. The predicted molar refractivity (Wildman–Crippen MR) is 90.9 cm³/mol. The fraction of sp³-hybridized carbons (Fsp3) is 0.167. The molecule has 0 radical (unpaired) electrons. The molecule has 0 N–H and O–H groups in total. The zero-order valence-electron chi connectivity index (χ0n) is 14.8. The summed E-state index contributed by atoms with van der Waals surface area (Å²) in [6.07, 6.45) is 2.48. The van der Waals surface area contributed by atoms with Crippen LogP contribution in [-0.4, -0.2) is 28.2 Å². The van der Waals surface area contributed by atoms with Crippen molar-refractivity contribution in [2.24, 2.45) is 0 Å². The Morgan fingerprint density at radius 3 is 1.55 bits per heavy atom. The lowest BCUT2D eigenvalue weighted by atomic mass is 10.3. The Morgan fingerprint density at radius 2 is 1.14 bits per heavy atom. The molecule has 0 fully saturated rings. The van der Waals surface area contributed by atoms with Gasteiger partial charge in [-0.05, 0) is 24.6 Å². The van der Waals surface area contributed by atoms with Crippen LogP contribution in [0.5, 0.6) is 35.0 Å². The van der Waals surface area contributed by atoms with E-state index in [4.69, 9.17) is 9.47 Å². The van der Waals surface area contributed by atoms with Crippen molar-refractivity contribution in [1.82, 2.24) is 15.0 Å². The summed E-state index contributed by atoms with van der Waals surface area (Å²) in [7, 11) is 0. The quantitative estimate of drug-likeness (QED) is 0.485. The Hall–Kier alpha value is -3.63. The molecule has 0 saturated carbocycles. The average Bonchev–Trinajstić information content (AvgIpc) is 2.60. The van der Waals surface area contributed by atoms with E-state index in [1.165, 1.54) is 36.7 Å². The fourth-order valence-corrected chi connectivity index (χ4v) is 2.17. The van der Waals surface area contributed by atoms with E-state index in [1.54, 1.807) is 19.1 Å². The second-order valence-electron chi connectivity index (χ2n) is 5.44. The molecular formula is C18H13F4N3O4. The minimum absolute atomic E-state index is 0.104. The van der Waals surface area contributed by atoms with Crippen LogP contribution < -0.4 is 18.9 Å². The van der Waals surface area contributed by atoms with Crippen LogP contribution in [0.4, 0.5) is 17.6 Å². The molecule has 11 heteroatoms. The van der Waals surface area contributed by atoms with E-state index < -0.39 is 13.2 Å². The molecule has 29 heavy (non-hydrogen) atoms. The van der Waals surface area contributed by atoms with E-state index in [0.717, 1.165) is 0 Å². The zero-order chi connectivity index (χ0) is 20.8. The van der Waals surface area contributed by atoms with Crippen LogP contribution in [0.25, 0.3) is 0 Å². The SMILES string of the molecule is Cc1cc(Oc2ccnc(OC(F)F)c2)nc(Oc2ccnc(OC(F)F)c2)c1. The number of hydrogen-bond acceptors (Lipinski definition) is 7. The fourth-order valence-electron chi connectivity index (χ4n) is 2.17. The van der Waals surface area contributed by atoms with E-state index in [9.17, 15) is 17.6 Å². The van der Waals surface area contributed by atoms with E-state index in [1.807, 2.05) is 0 Å². The van der Waals surface area contributed by atoms with Crippen molar-refractivity contribution >= 4 is 0 Å². The maximum Gasteiger partial charge on any atom is 0.388 e. The first-order valence-corrected chi connectivity index (χ1v) is 8.03. The zero-order valence-corrected chi connectivity index (χ0v) is 14.8.